The van der Waals surface area contributed by atoms with E-state index in [2.05, 4.69) is 41.2 Å². The molecule has 0 aliphatic rings. The Morgan fingerprint density at radius 2 is 2.27 bits per heavy atom. The summed E-state index contributed by atoms with van der Waals surface area (Å²) in [7, 11) is 0. The summed E-state index contributed by atoms with van der Waals surface area (Å²) in [6, 6.07) is 0. The van der Waals surface area contributed by atoms with Gasteiger partial charge in [-0.25, -0.2) is 9.97 Å². The first-order chi connectivity index (χ1) is 7.27. The summed E-state index contributed by atoms with van der Waals surface area (Å²) in [4.78, 5) is 24.6. The first kappa shape index (κ1) is 9.91. The van der Waals surface area contributed by atoms with E-state index in [0.717, 1.165) is 5.82 Å². The third-order valence-corrected chi connectivity index (χ3v) is 2.51. The maximum Gasteiger partial charge on any atom is 0.267 e. The predicted octanol–water partition coefficient (Wildman–Crippen LogP) is 0.868. The van der Waals surface area contributed by atoms with Gasteiger partial charge in [0.15, 0.2) is 0 Å². The van der Waals surface area contributed by atoms with Crippen LogP contribution in [-0.4, -0.2) is 19.9 Å². The number of hydrogen-bond donors (Lipinski definition) is 3. The fraction of sp³-hybridized carbons (Fsp3) is 0.125. The van der Waals surface area contributed by atoms with E-state index in [1.165, 1.54) is 6.33 Å². The molecule has 0 unspecified atom stereocenters. The first-order valence-corrected chi connectivity index (χ1v) is 5.02. The third kappa shape index (κ3) is 2.24. The van der Waals surface area contributed by atoms with Crippen molar-refractivity contribution in [2.75, 3.05) is 5.32 Å². The number of imidazole rings is 1. The Morgan fingerprint density at radius 1 is 1.40 bits per heavy atom. The molecular formula is C8H8BrN5O. The number of nitrogens with zero attached hydrogens (tertiary/aromatic N) is 2. The van der Waals surface area contributed by atoms with Crippen LogP contribution in [0.4, 0.5) is 5.82 Å². The normalized spacial score (nSPS) is 10.2. The SMILES string of the molecule is O=c1[nH]cnc(NCc2ncc[nH]2)c1Br. The van der Waals surface area contributed by atoms with Crippen LogP contribution in [0.15, 0.2) is 28.0 Å². The molecule has 0 saturated heterocycles. The summed E-state index contributed by atoms with van der Waals surface area (Å²) in [5.74, 6) is 1.28. The quantitative estimate of drug-likeness (QED) is 0.772. The second-order valence-electron chi connectivity index (χ2n) is 2.78. The van der Waals surface area contributed by atoms with Gasteiger partial charge in [0.2, 0.25) is 0 Å². The number of aromatic nitrogens is 4. The van der Waals surface area contributed by atoms with Gasteiger partial charge in [-0.1, -0.05) is 0 Å². The second kappa shape index (κ2) is 4.26. The van der Waals surface area contributed by atoms with Crippen molar-refractivity contribution < 1.29 is 0 Å². The highest BCUT2D eigenvalue weighted by Crippen LogP contribution is 2.13. The van der Waals surface area contributed by atoms with E-state index in [-0.39, 0.29) is 5.56 Å². The lowest BCUT2D eigenvalue weighted by atomic mass is 10.5. The van der Waals surface area contributed by atoms with Gasteiger partial charge in [-0.15, -0.1) is 0 Å². The van der Waals surface area contributed by atoms with Crippen molar-refractivity contribution in [1.82, 2.24) is 19.9 Å². The highest BCUT2D eigenvalue weighted by molar-refractivity contribution is 9.10. The molecule has 0 fully saturated rings. The summed E-state index contributed by atoms with van der Waals surface area (Å²) < 4.78 is 0.386. The first-order valence-electron chi connectivity index (χ1n) is 4.22. The van der Waals surface area contributed by atoms with Gasteiger partial charge in [-0.05, 0) is 15.9 Å². The molecule has 0 amide bonds. The molecule has 6 nitrogen and oxygen atoms in total. The van der Waals surface area contributed by atoms with Crippen LogP contribution in [0.1, 0.15) is 5.82 Å². The summed E-state index contributed by atoms with van der Waals surface area (Å²) >= 11 is 3.15. The second-order valence-corrected chi connectivity index (χ2v) is 3.58. The topological polar surface area (TPSA) is 86.5 Å². The van der Waals surface area contributed by atoms with Gasteiger partial charge in [-0.3, -0.25) is 4.79 Å². The minimum Gasteiger partial charge on any atom is -0.362 e. The lowest BCUT2D eigenvalue weighted by molar-refractivity contribution is 0.973. The Balaban J connectivity index is 2.12. The number of H-pyrrole nitrogens is 2. The molecule has 0 aliphatic carbocycles. The summed E-state index contributed by atoms with van der Waals surface area (Å²) in [6.45, 7) is 0.488. The number of aromatic amines is 2. The van der Waals surface area contributed by atoms with Gasteiger partial charge in [0.05, 0.1) is 12.9 Å². The minimum atomic E-state index is -0.216. The summed E-state index contributed by atoms with van der Waals surface area (Å²) in [5.41, 5.74) is -0.216. The maximum absolute atomic E-state index is 11.2. The van der Waals surface area contributed by atoms with Gasteiger partial charge < -0.3 is 15.3 Å². The molecule has 15 heavy (non-hydrogen) atoms. The Bertz CT molecular complexity index is 492. The molecule has 2 aromatic heterocycles. The van der Waals surface area contributed by atoms with Gasteiger partial charge in [-0.2, -0.15) is 0 Å². The molecule has 2 aromatic rings. The van der Waals surface area contributed by atoms with E-state index in [0.29, 0.717) is 16.8 Å². The third-order valence-electron chi connectivity index (χ3n) is 1.77. The lowest BCUT2D eigenvalue weighted by Crippen LogP contribution is -2.12. The monoisotopic (exact) mass is 269 g/mol. The highest BCUT2D eigenvalue weighted by atomic mass is 79.9. The van der Waals surface area contributed by atoms with Crippen molar-refractivity contribution >= 4 is 21.7 Å². The largest absolute Gasteiger partial charge is 0.362 e. The number of rotatable bonds is 3. The van der Waals surface area contributed by atoms with Crippen molar-refractivity contribution in [1.29, 1.82) is 0 Å². The molecule has 3 N–H and O–H groups in total. The van der Waals surface area contributed by atoms with Crippen molar-refractivity contribution in [3.63, 3.8) is 0 Å². The van der Waals surface area contributed by atoms with Gasteiger partial charge in [0, 0.05) is 12.4 Å². The standard InChI is InChI=1S/C8H8BrN5O/c9-6-7(13-4-14-8(6)15)12-3-5-10-1-2-11-5/h1-2,4H,3H2,(H,10,11)(H2,12,13,14,15). The number of hydrogen-bond acceptors (Lipinski definition) is 4. The fourth-order valence-corrected chi connectivity index (χ4v) is 1.43. The lowest BCUT2D eigenvalue weighted by Gasteiger charge is -2.03. The molecular weight excluding hydrogens is 262 g/mol. The minimum absolute atomic E-state index is 0.216. The Morgan fingerprint density at radius 3 is 3.00 bits per heavy atom. The van der Waals surface area contributed by atoms with Crippen LogP contribution in [0, 0.1) is 0 Å². The number of nitrogens with one attached hydrogen (secondary N) is 3. The molecule has 78 valence electrons. The Hall–Kier alpha value is -1.63. The van der Waals surface area contributed by atoms with Crippen LogP contribution in [0.3, 0.4) is 0 Å². The van der Waals surface area contributed by atoms with Crippen LogP contribution in [0.25, 0.3) is 0 Å². The molecule has 0 saturated carbocycles. The highest BCUT2D eigenvalue weighted by Gasteiger charge is 2.04. The van der Waals surface area contributed by atoms with Crippen molar-refractivity contribution in [3.8, 4) is 0 Å². The van der Waals surface area contributed by atoms with E-state index < -0.39 is 0 Å². The van der Waals surface area contributed by atoms with E-state index >= 15 is 0 Å². The van der Waals surface area contributed by atoms with Crippen LogP contribution in [0.2, 0.25) is 0 Å². The molecule has 0 spiro atoms. The van der Waals surface area contributed by atoms with Crippen molar-refractivity contribution in [2.45, 2.75) is 6.54 Å². The Kier molecular flexibility index (Phi) is 2.82. The van der Waals surface area contributed by atoms with E-state index in [1.807, 2.05) is 0 Å². The zero-order valence-electron chi connectivity index (χ0n) is 7.62. The number of halogens is 1. The summed E-state index contributed by atoms with van der Waals surface area (Å²) in [5, 5.41) is 2.98. The molecule has 0 atom stereocenters. The zero-order valence-corrected chi connectivity index (χ0v) is 9.21. The Labute approximate surface area is 93.3 Å². The average Bonchev–Trinajstić information content (AvgIpc) is 2.73. The van der Waals surface area contributed by atoms with E-state index in [4.69, 9.17) is 0 Å². The number of anilines is 1. The van der Waals surface area contributed by atoms with Crippen molar-refractivity contribution in [3.05, 3.63) is 39.4 Å². The zero-order chi connectivity index (χ0) is 10.7. The maximum atomic E-state index is 11.2. The predicted molar refractivity (Wildman–Crippen MR) is 58.5 cm³/mol. The van der Waals surface area contributed by atoms with Crippen LogP contribution >= 0.6 is 15.9 Å². The van der Waals surface area contributed by atoms with Gasteiger partial charge in [0.25, 0.3) is 5.56 Å². The smallest absolute Gasteiger partial charge is 0.267 e. The van der Waals surface area contributed by atoms with E-state index in [1.54, 1.807) is 12.4 Å². The molecule has 2 rings (SSSR count). The van der Waals surface area contributed by atoms with Gasteiger partial charge >= 0.3 is 0 Å². The van der Waals surface area contributed by atoms with E-state index in [9.17, 15) is 4.79 Å². The summed E-state index contributed by atoms with van der Waals surface area (Å²) in [6.07, 6.45) is 4.74. The van der Waals surface area contributed by atoms with Crippen molar-refractivity contribution in [2.24, 2.45) is 0 Å². The van der Waals surface area contributed by atoms with Crippen LogP contribution in [-0.2, 0) is 6.54 Å². The molecule has 0 aromatic carbocycles. The molecule has 0 bridgehead atoms. The molecule has 7 heteroatoms. The van der Waals surface area contributed by atoms with Crippen LogP contribution in [0.5, 0.6) is 0 Å². The van der Waals surface area contributed by atoms with Crippen LogP contribution < -0.4 is 10.9 Å². The van der Waals surface area contributed by atoms with Gasteiger partial charge in [0.1, 0.15) is 16.1 Å². The molecule has 0 radical (unpaired) electrons. The average molecular weight is 270 g/mol. The fourth-order valence-electron chi connectivity index (χ4n) is 1.07. The molecule has 0 aliphatic heterocycles. The molecule has 2 heterocycles.